The third-order valence-corrected chi connectivity index (χ3v) is 3.84. The van der Waals surface area contributed by atoms with Gasteiger partial charge in [0.25, 0.3) is 0 Å². The van der Waals surface area contributed by atoms with E-state index in [9.17, 15) is 4.79 Å². The summed E-state index contributed by atoms with van der Waals surface area (Å²) in [5, 5.41) is 6.78. The van der Waals surface area contributed by atoms with Crippen LogP contribution in [0.1, 0.15) is 40.0 Å². The highest BCUT2D eigenvalue weighted by Gasteiger charge is 2.52. The first-order valence-electron chi connectivity index (χ1n) is 6.40. The molecule has 0 bridgehead atoms. The average molecular weight is 253 g/mol. The van der Waals surface area contributed by atoms with Crippen LogP contribution in [0.2, 0.25) is 0 Å². The van der Waals surface area contributed by atoms with Crippen molar-refractivity contribution >= 4 is 5.91 Å². The Kier molecular flexibility index (Phi) is 4.59. The van der Waals surface area contributed by atoms with Gasteiger partial charge in [-0.25, -0.2) is 0 Å². The molecule has 1 saturated carbocycles. The summed E-state index contributed by atoms with van der Waals surface area (Å²) < 4.78 is 0. The molecule has 1 rings (SSSR count). The second-order valence-electron chi connectivity index (χ2n) is 6.02. The smallest absolute Gasteiger partial charge is 0.238 e. The highest BCUT2D eigenvalue weighted by atomic mass is 16.1. The van der Waals surface area contributed by atoms with Gasteiger partial charge in [0, 0.05) is 11.5 Å². The first-order valence-corrected chi connectivity index (χ1v) is 6.40. The Hall–Kier alpha value is -1.26. The first kappa shape index (κ1) is 14.8. The summed E-state index contributed by atoms with van der Waals surface area (Å²) in [4.78, 5) is 14.5. The number of primary amides is 1. The molecule has 1 fully saturated rings. The molecule has 1 aliphatic rings. The van der Waals surface area contributed by atoms with E-state index < -0.39 is 5.54 Å². The zero-order valence-corrected chi connectivity index (χ0v) is 11.4. The van der Waals surface area contributed by atoms with Gasteiger partial charge in [-0.1, -0.05) is 25.9 Å². The van der Waals surface area contributed by atoms with E-state index in [2.05, 4.69) is 36.1 Å². The number of amides is 1. The van der Waals surface area contributed by atoms with Gasteiger partial charge in [0.05, 0.1) is 0 Å². The van der Waals surface area contributed by atoms with Gasteiger partial charge in [0.1, 0.15) is 5.54 Å². The summed E-state index contributed by atoms with van der Waals surface area (Å²) in [6.07, 6.45) is 2.46. The topological polar surface area (TPSA) is 104 Å². The molecule has 0 heterocycles. The molecular weight excluding hydrogens is 230 g/mol. The Balaban J connectivity index is 2.65. The average Bonchev–Trinajstić information content (AvgIpc) is 2.49. The number of hydrogen-bond donors (Lipinski definition) is 2. The van der Waals surface area contributed by atoms with Crippen LogP contribution in [0.4, 0.5) is 0 Å². The molecular formula is C12H23N5O. The largest absolute Gasteiger partial charge is 0.368 e. The lowest BCUT2D eigenvalue weighted by Gasteiger charge is -2.32. The molecule has 0 radical (unpaired) electrons. The van der Waals surface area contributed by atoms with E-state index in [1.807, 2.05) is 0 Å². The van der Waals surface area contributed by atoms with Crippen LogP contribution in [0.15, 0.2) is 5.11 Å². The zero-order valence-electron chi connectivity index (χ0n) is 11.4. The molecule has 3 N–H and O–H groups in total. The fourth-order valence-electron chi connectivity index (χ4n) is 3.16. The second kappa shape index (κ2) is 5.59. The minimum Gasteiger partial charge on any atom is -0.368 e. The van der Waals surface area contributed by atoms with E-state index in [1.165, 1.54) is 0 Å². The lowest BCUT2D eigenvalue weighted by Crippen LogP contribution is -2.57. The lowest BCUT2D eigenvalue weighted by molar-refractivity contribution is -0.125. The molecule has 18 heavy (non-hydrogen) atoms. The predicted octanol–water partition coefficient (Wildman–Crippen LogP) is 1.96. The monoisotopic (exact) mass is 253 g/mol. The molecule has 6 heteroatoms. The van der Waals surface area contributed by atoms with Crippen molar-refractivity contribution in [1.82, 2.24) is 5.32 Å². The molecule has 0 aliphatic heterocycles. The fraction of sp³-hybridized carbons (Fsp3) is 0.917. The van der Waals surface area contributed by atoms with Crippen molar-refractivity contribution in [3.63, 3.8) is 0 Å². The SMILES string of the molecule is CC1CC(C)(C)CC1(NCCCN=[N+]=[N-])C(N)=O. The van der Waals surface area contributed by atoms with E-state index >= 15 is 0 Å². The van der Waals surface area contributed by atoms with Crippen molar-refractivity contribution in [3.8, 4) is 0 Å². The van der Waals surface area contributed by atoms with Gasteiger partial charge >= 0.3 is 0 Å². The Morgan fingerprint density at radius 3 is 2.72 bits per heavy atom. The molecule has 1 aliphatic carbocycles. The van der Waals surface area contributed by atoms with Crippen molar-refractivity contribution in [2.45, 2.75) is 45.6 Å². The van der Waals surface area contributed by atoms with Gasteiger partial charge < -0.3 is 11.1 Å². The summed E-state index contributed by atoms with van der Waals surface area (Å²) in [6.45, 7) is 7.48. The van der Waals surface area contributed by atoms with Gasteiger partial charge in [-0.3, -0.25) is 4.79 Å². The van der Waals surface area contributed by atoms with Crippen molar-refractivity contribution in [3.05, 3.63) is 10.4 Å². The van der Waals surface area contributed by atoms with Gasteiger partial charge in [0.2, 0.25) is 5.91 Å². The Morgan fingerprint density at radius 1 is 1.61 bits per heavy atom. The molecule has 6 nitrogen and oxygen atoms in total. The Morgan fingerprint density at radius 2 is 2.28 bits per heavy atom. The minimum atomic E-state index is -0.611. The quantitative estimate of drug-likeness (QED) is 0.327. The van der Waals surface area contributed by atoms with Crippen LogP contribution in [0.5, 0.6) is 0 Å². The number of rotatable bonds is 6. The molecule has 0 spiro atoms. The molecule has 2 atom stereocenters. The number of hydrogen-bond acceptors (Lipinski definition) is 3. The highest BCUT2D eigenvalue weighted by Crippen LogP contribution is 2.47. The van der Waals surface area contributed by atoms with E-state index in [1.54, 1.807) is 0 Å². The van der Waals surface area contributed by atoms with Crippen LogP contribution in [-0.4, -0.2) is 24.5 Å². The molecule has 0 aromatic carbocycles. The molecule has 2 unspecified atom stereocenters. The van der Waals surface area contributed by atoms with Crippen LogP contribution >= 0.6 is 0 Å². The zero-order chi connectivity index (χ0) is 13.8. The number of nitrogens with one attached hydrogen (secondary N) is 1. The summed E-state index contributed by atoms with van der Waals surface area (Å²) in [7, 11) is 0. The molecule has 0 saturated heterocycles. The molecule has 0 aromatic heterocycles. The predicted molar refractivity (Wildman–Crippen MR) is 70.7 cm³/mol. The number of nitrogens with zero attached hydrogens (tertiary/aromatic N) is 3. The lowest BCUT2D eigenvalue weighted by atomic mass is 9.85. The maximum absolute atomic E-state index is 11.8. The maximum atomic E-state index is 11.8. The van der Waals surface area contributed by atoms with Crippen molar-refractivity contribution < 1.29 is 4.79 Å². The fourth-order valence-corrected chi connectivity index (χ4v) is 3.16. The van der Waals surface area contributed by atoms with Crippen molar-refractivity contribution in [2.75, 3.05) is 13.1 Å². The minimum absolute atomic E-state index is 0.131. The number of carbonyl (C=O) groups is 1. The standard InChI is InChI=1S/C12H23N5O/c1-9-7-11(2,3)8-12(9,10(13)18)15-5-4-6-16-17-14/h9,15H,4-8H2,1-3H3,(H2,13,18). The van der Waals surface area contributed by atoms with Crippen molar-refractivity contribution in [2.24, 2.45) is 22.2 Å². The Bertz CT molecular complexity index is 361. The van der Waals surface area contributed by atoms with E-state index in [0.29, 0.717) is 19.5 Å². The molecule has 0 aromatic rings. The van der Waals surface area contributed by atoms with E-state index in [0.717, 1.165) is 12.8 Å². The van der Waals surface area contributed by atoms with Gasteiger partial charge in [-0.05, 0) is 42.7 Å². The van der Waals surface area contributed by atoms with Crippen LogP contribution < -0.4 is 11.1 Å². The summed E-state index contributed by atoms with van der Waals surface area (Å²) >= 11 is 0. The molecule has 1 amide bonds. The highest BCUT2D eigenvalue weighted by molar-refractivity contribution is 5.85. The van der Waals surface area contributed by atoms with Crippen LogP contribution in [-0.2, 0) is 4.79 Å². The number of nitrogens with two attached hydrogens (primary N) is 1. The van der Waals surface area contributed by atoms with Gasteiger partial charge in [-0.15, -0.1) is 0 Å². The third-order valence-electron chi connectivity index (χ3n) is 3.84. The normalized spacial score (nSPS) is 29.8. The molecule has 102 valence electrons. The van der Waals surface area contributed by atoms with Gasteiger partial charge in [-0.2, -0.15) is 0 Å². The first-order chi connectivity index (χ1) is 8.34. The summed E-state index contributed by atoms with van der Waals surface area (Å²) in [5.74, 6) is -0.0474. The van der Waals surface area contributed by atoms with Crippen LogP contribution in [0, 0.1) is 11.3 Å². The van der Waals surface area contributed by atoms with Crippen molar-refractivity contribution in [1.29, 1.82) is 0 Å². The Labute approximate surface area is 108 Å². The van der Waals surface area contributed by atoms with Gasteiger partial charge in [0.15, 0.2) is 0 Å². The van der Waals surface area contributed by atoms with E-state index in [-0.39, 0.29) is 17.2 Å². The number of azide groups is 1. The summed E-state index contributed by atoms with van der Waals surface area (Å²) in [6, 6.07) is 0. The van der Waals surface area contributed by atoms with Crippen LogP contribution in [0.3, 0.4) is 0 Å². The number of carbonyl (C=O) groups excluding carboxylic acids is 1. The second-order valence-corrected chi connectivity index (χ2v) is 6.02. The maximum Gasteiger partial charge on any atom is 0.238 e. The van der Waals surface area contributed by atoms with Crippen LogP contribution in [0.25, 0.3) is 10.4 Å². The van der Waals surface area contributed by atoms with E-state index in [4.69, 9.17) is 11.3 Å². The summed E-state index contributed by atoms with van der Waals surface area (Å²) in [5.41, 5.74) is 13.3. The third kappa shape index (κ3) is 3.15.